The molecule has 0 saturated carbocycles. The Balaban J connectivity index is 2.49. The van der Waals surface area contributed by atoms with E-state index < -0.39 is 15.8 Å². The van der Waals surface area contributed by atoms with E-state index in [1.165, 1.54) is 22.9 Å². The summed E-state index contributed by atoms with van der Waals surface area (Å²) in [5.74, 6) is -0.0902. The zero-order chi connectivity index (χ0) is 14.0. The Morgan fingerprint density at radius 1 is 1.37 bits per heavy atom. The van der Waals surface area contributed by atoms with Gasteiger partial charge >= 0.3 is 0 Å². The zero-order valence-electron chi connectivity index (χ0n) is 9.95. The molecule has 6 nitrogen and oxygen atoms in total. The fourth-order valence-electron chi connectivity index (χ4n) is 1.73. The van der Waals surface area contributed by atoms with E-state index in [2.05, 4.69) is 4.98 Å². The molecule has 2 rings (SSSR count). The molecule has 0 aliphatic heterocycles. The van der Waals surface area contributed by atoms with Gasteiger partial charge in [-0.2, -0.15) is 0 Å². The van der Waals surface area contributed by atoms with Crippen LogP contribution in [-0.2, 0) is 16.4 Å². The molecule has 0 bridgehead atoms. The maximum atomic E-state index is 14.0. The average molecular weight is 284 g/mol. The maximum absolute atomic E-state index is 14.0. The average Bonchev–Trinajstić information content (AvgIpc) is 2.76. The van der Waals surface area contributed by atoms with Crippen molar-refractivity contribution in [3.05, 3.63) is 42.2 Å². The standard InChI is InChI=1S/C11H13FN4O2S/c12-9-7-8(19(14,17)18)1-2-10(9)16-6-5-15-11(16)3-4-13/h1-2,5-7H,3-4,13H2,(H2,14,17,18). The van der Waals surface area contributed by atoms with Gasteiger partial charge in [-0.05, 0) is 24.7 Å². The third-order valence-corrected chi connectivity index (χ3v) is 3.50. The first-order valence-corrected chi connectivity index (χ1v) is 7.03. The van der Waals surface area contributed by atoms with Gasteiger partial charge in [0.15, 0.2) is 0 Å². The number of sulfonamides is 1. The number of imidazole rings is 1. The molecule has 0 fully saturated rings. The number of benzene rings is 1. The number of hydrogen-bond acceptors (Lipinski definition) is 4. The van der Waals surface area contributed by atoms with E-state index in [-0.39, 0.29) is 10.6 Å². The van der Waals surface area contributed by atoms with E-state index >= 15 is 0 Å². The molecule has 1 aromatic heterocycles. The predicted molar refractivity (Wildman–Crippen MR) is 67.7 cm³/mol. The summed E-state index contributed by atoms with van der Waals surface area (Å²) in [5, 5.41) is 4.94. The quantitative estimate of drug-likeness (QED) is 0.834. The van der Waals surface area contributed by atoms with Crippen LogP contribution in [0.3, 0.4) is 0 Å². The number of nitrogens with two attached hydrogens (primary N) is 2. The van der Waals surface area contributed by atoms with Crippen molar-refractivity contribution in [2.75, 3.05) is 6.54 Å². The lowest BCUT2D eigenvalue weighted by molar-refractivity contribution is 0.589. The number of nitrogens with zero attached hydrogens (tertiary/aromatic N) is 2. The molecule has 1 heterocycles. The SMILES string of the molecule is NCCc1nccn1-c1ccc(S(N)(=O)=O)cc1F. The molecule has 0 aliphatic rings. The third kappa shape index (κ3) is 2.80. The van der Waals surface area contributed by atoms with Crippen molar-refractivity contribution in [3.63, 3.8) is 0 Å². The summed E-state index contributed by atoms with van der Waals surface area (Å²) in [5.41, 5.74) is 5.65. The first-order chi connectivity index (χ1) is 8.93. The van der Waals surface area contributed by atoms with Crippen LogP contribution in [-0.4, -0.2) is 24.5 Å². The second-order valence-corrected chi connectivity index (χ2v) is 5.47. The maximum Gasteiger partial charge on any atom is 0.238 e. The summed E-state index contributed by atoms with van der Waals surface area (Å²) in [6.07, 6.45) is 3.60. The summed E-state index contributed by atoms with van der Waals surface area (Å²) in [4.78, 5) is 3.80. The Morgan fingerprint density at radius 3 is 2.68 bits per heavy atom. The number of rotatable bonds is 4. The van der Waals surface area contributed by atoms with Gasteiger partial charge in [0.1, 0.15) is 11.6 Å². The lowest BCUT2D eigenvalue weighted by atomic mass is 10.3. The third-order valence-electron chi connectivity index (χ3n) is 2.59. The van der Waals surface area contributed by atoms with Crippen molar-refractivity contribution in [2.45, 2.75) is 11.3 Å². The molecule has 1 aromatic carbocycles. The second-order valence-electron chi connectivity index (χ2n) is 3.91. The van der Waals surface area contributed by atoms with Gasteiger partial charge in [0.05, 0.1) is 10.6 Å². The highest BCUT2D eigenvalue weighted by molar-refractivity contribution is 7.89. The largest absolute Gasteiger partial charge is 0.330 e. The number of hydrogen-bond donors (Lipinski definition) is 2. The van der Waals surface area contributed by atoms with E-state index in [1.807, 2.05) is 0 Å². The van der Waals surface area contributed by atoms with Crippen LogP contribution in [0.1, 0.15) is 5.82 Å². The minimum absolute atomic E-state index is 0.202. The van der Waals surface area contributed by atoms with E-state index in [1.54, 1.807) is 6.20 Å². The van der Waals surface area contributed by atoms with Gasteiger partial charge in [-0.15, -0.1) is 0 Å². The molecule has 2 aromatic rings. The molecule has 0 saturated heterocycles. The Bertz CT molecular complexity index is 696. The highest BCUT2D eigenvalue weighted by Gasteiger charge is 2.14. The van der Waals surface area contributed by atoms with Crippen molar-refractivity contribution in [2.24, 2.45) is 10.9 Å². The minimum Gasteiger partial charge on any atom is -0.330 e. The van der Waals surface area contributed by atoms with Crippen molar-refractivity contribution >= 4 is 10.0 Å². The molecular formula is C11H13FN4O2S. The van der Waals surface area contributed by atoms with E-state index in [4.69, 9.17) is 10.9 Å². The fourth-order valence-corrected chi connectivity index (χ4v) is 2.25. The number of primary sulfonamides is 1. The molecule has 4 N–H and O–H groups in total. The molecule has 19 heavy (non-hydrogen) atoms. The zero-order valence-corrected chi connectivity index (χ0v) is 10.8. The fraction of sp³-hybridized carbons (Fsp3) is 0.182. The minimum atomic E-state index is -3.92. The molecule has 0 radical (unpaired) electrons. The summed E-state index contributed by atoms with van der Waals surface area (Å²) in [6, 6.07) is 3.48. The molecular weight excluding hydrogens is 271 g/mol. The molecule has 0 amide bonds. The van der Waals surface area contributed by atoms with Crippen LogP contribution >= 0.6 is 0 Å². The Morgan fingerprint density at radius 2 is 2.11 bits per heavy atom. The first kappa shape index (κ1) is 13.7. The highest BCUT2D eigenvalue weighted by atomic mass is 32.2. The molecule has 0 atom stereocenters. The monoisotopic (exact) mass is 284 g/mol. The summed E-state index contributed by atoms with van der Waals surface area (Å²) >= 11 is 0. The lowest BCUT2D eigenvalue weighted by Gasteiger charge is -2.09. The van der Waals surface area contributed by atoms with Gasteiger partial charge in [-0.25, -0.2) is 22.9 Å². The van der Waals surface area contributed by atoms with Crippen molar-refractivity contribution in [3.8, 4) is 5.69 Å². The summed E-state index contributed by atoms with van der Waals surface area (Å²) in [7, 11) is -3.92. The molecule has 102 valence electrons. The lowest BCUT2D eigenvalue weighted by Crippen LogP contribution is -2.13. The summed E-state index contributed by atoms with van der Waals surface area (Å²) < 4.78 is 37.7. The van der Waals surface area contributed by atoms with Gasteiger partial charge in [0.2, 0.25) is 10.0 Å². The molecule has 0 spiro atoms. The molecule has 0 aliphatic carbocycles. The smallest absolute Gasteiger partial charge is 0.238 e. The van der Waals surface area contributed by atoms with Gasteiger partial charge in [0, 0.05) is 18.8 Å². The van der Waals surface area contributed by atoms with Crippen molar-refractivity contribution in [1.82, 2.24) is 9.55 Å². The van der Waals surface area contributed by atoms with Gasteiger partial charge in [-0.1, -0.05) is 0 Å². The first-order valence-electron chi connectivity index (χ1n) is 5.48. The van der Waals surface area contributed by atoms with Gasteiger partial charge < -0.3 is 10.3 Å². The predicted octanol–water partition coefficient (Wildman–Crippen LogP) is 0.160. The van der Waals surface area contributed by atoms with Gasteiger partial charge in [0.25, 0.3) is 0 Å². The van der Waals surface area contributed by atoms with Crippen LogP contribution in [0.15, 0.2) is 35.5 Å². The summed E-state index contributed by atoms with van der Waals surface area (Å²) in [6.45, 7) is 0.383. The Hall–Kier alpha value is -1.77. The number of halogens is 1. The normalized spacial score (nSPS) is 11.7. The van der Waals surface area contributed by atoms with Crippen LogP contribution in [0.5, 0.6) is 0 Å². The van der Waals surface area contributed by atoms with Crippen LogP contribution in [0.4, 0.5) is 4.39 Å². The molecule has 8 heteroatoms. The van der Waals surface area contributed by atoms with Crippen LogP contribution in [0.25, 0.3) is 5.69 Å². The Kier molecular flexibility index (Phi) is 3.65. The topological polar surface area (TPSA) is 104 Å². The van der Waals surface area contributed by atoms with Gasteiger partial charge in [-0.3, -0.25) is 0 Å². The molecule has 0 unspecified atom stereocenters. The van der Waals surface area contributed by atoms with Crippen molar-refractivity contribution < 1.29 is 12.8 Å². The highest BCUT2D eigenvalue weighted by Crippen LogP contribution is 2.19. The van der Waals surface area contributed by atoms with E-state index in [9.17, 15) is 12.8 Å². The second kappa shape index (κ2) is 5.08. The van der Waals surface area contributed by atoms with E-state index in [0.717, 1.165) is 6.07 Å². The van der Waals surface area contributed by atoms with Crippen molar-refractivity contribution in [1.29, 1.82) is 0 Å². The van der Waals surface area contributed by atoms with Crippen LogP contribution < -0.4 is 10.9 Å². The van der Waals surface area contributed by atoms with E-state index in [0.29, 0.717) is 18.8 Å². The van der Waals surface area contributed by atoms with Crippen LogP contribution in [0.2, 0.25) is 0 Å². The Labute approximate surface area is 109 Å². The number of aromatic nitrogens is 2. The van der Waals surface area contributed by atoms with Crippen LogP contribution in [0, 0.1) is 5.82 Å².